The van der Waals surface area contributed by atoms with Crippen LogP contribution in [0.15, 0.2) is 0 Å². The van der Waals surface area contributed by atoms with E-state index in [1.54, 1.807) is 0 Å². The van der Waals surface area contributed by atoms with Crippen LogP contribution in [-0.2, 0) is 22.5 Å². The Labute approximate surface area is 133 Å². The van der Waals surface area contributed by atoms with Gasteiger partial charge in [0.1, 0.15) is 18.9 Å². The Kier molecular flexibility index (Phi) is 3.25. The number of anilines is 2. The Hall–Kier alpha value is -1.44. The number of morpholine rings is 1. The highest BCUT2D eigenvalue weighted by Gasteiger charge is 2.35. The fourth-order valence-corrected chi connectivity index (χ4v) is 4.05. The summed E-state index contributed by atoms with van der Waals surface area (Å²) < 4.78 is 15.9. The molecule has 1 saturated heterocycles. The Morgan fingerprint density at radius 2 is 2.05 bits per heavy atom. The predicted molar refractivity (Wildman–Crippen MR) is 86.2 cm³/mol. The molecule has 2 aromatic rings. The Bertz CT molecular complexity index is 722. The summed E-state index contributed by atoms with van der Waals surface area (Å²) in [5.41, 5.74) is 8.47. The molecular weight excluding hydrogens is 300 g/mol. The van der Waals surface area contributed by atoms with Crippen LogP contribution in [0.25, 0.3) is 10.2 Å². The van der Waals surface area contributed by atoms with Gasteiger partial charge in [-0.05, 0) is 19.4 Å². The molecule has 0 bridgehead atoms. The maximum atomic E-state index is 6.12. The lowest BCUT2D eigenvalue weighted by molar-refractivity contribution is -0.329. The van der Waals surface area contributed by atoms with Crippen LogP contribution in [0, 0.1) is 0 Å². The second-order valence-electron chi connectivity index (χ2n) is 6.53. The molecule has 118 valence electrons. The fourth-order valence-electron chi connectivity index (χ4n) is 3.31. The van der Waals surface area contributed by atoms with Gasteiger partial charge in [0.2, 0.25) is 4.83 Å². The molecule has 2 aromatic heterocycles. The molecule has 6 nitrogen and oxygen atoms in total. The van der Waals surface area contributed by atoms with Crippen molar-refractivity contribution in [2.75, 3.05) is 36.9 Å². The number of aromatic amines is 1. The highest BCUT2D eigenvalue weighted by molar-refractivity contribution is 7.12. The Morgan fingerprint density at radius 3 is 2.82 bits per heavy atom. The Morgan fingerprint density at radius 1 is 1.27 bits per heavy atom. The SMILES string of the molecule is CC1(C)Cc2c(c(N3CCOCC3)[nH+]c3snc(N)c23)CO1. The largest absolute Gasteiger partial charge is 0.382 e. The van der Waals surface area contributed by atoms with Gasteiger partial charge in [-0.3, -0.25) is 4.90 Å². The molecule has 0 aliphatic carbocycles. The normalized spacial score (nSPS) is 21.1. The lowest BCUT2D eigenvalue weighted by Crippen LogP contribution is -2.42. The molecular formula is C15H21N4O2S+. The van der Waals surface area contributed by atoms with E-state index in [1.807, 2.05) is 0 Å². The molecule has 7 heteroatoms. The molecule has 2 aliphatic rings. The summed E-state index contributed by atoms with van der Waals surface area (Å²) in [6, 6.07) is 0. The molecule has 0 radical (unpaired) electrons. The minimum Gasteiger partial charge on any atom is -0.382 e. The molecule has 0 amide bonds. The molecule has 22 heavy (non-hydrogen) atoms. The summed E-state index contributed by atoms with van der Waals surface area (Å²) >= 11 is 1.44. The summed E-state index contributed by atoms with van der Waals surface area (Å²) in [5, 5.41) is 1.08. The second kappa shape index (κ2) is 5.04. The van der Waals surface area contributed by atoms with E-state index < -0.39 is 0 Å². The van der Waals surface area contributed by atoms with Crippen molar-refractivity contribution in [3.8, 4) is 0 Å². The van der Waals surface area contributed by atoms with Gasteiger partial charge in [0.25, 0.3) is 5.82 Å². The van der Waals surface area contributed by atoms with Crippen molar-refractivity contribution in [1.29, 1.82) is 0 Å². The fraction of sp³-hybridized carbons (Fsp3) is 0.600. The van der Waals surface area contributed by atoms with Gasteiger partial charge in [-0.15, -0.1) is 0 Å². The number of H-pyrrole nitrogens is 1. The van der Waals surface area contributed by atoms with Crippen LogP contribution in [0.2, 0.25) is 0 Å². The first-order chi connectivity index (χ1) is 10.6. The van der Waals surface area contributed by atoms with E-state index in [9.17, 15) is 0 Å². The van der Waals surface area contributed by atoms with Crippen LogP contribution in [0.1, 0.15) is 25.0 Å². The quantitative estimate of drug-likeness (QED) is 0.859. The van der Waals surface area contributed by atoms with Gasteiger partial charge in [0.15, 0.2) is 0 Å². The zero-order chi connectivity index (χ0) is 15.3. The van der Waals surface area contributed by atoms with E-state index in [0.29, 0.717) is 12.4 Å². The Balaban J connectivity index is 1.91. The number of nitrogens with zero attached hydrogens (tertiary/aromatic N) is 2. The number of hydrogen-bond donors (Lipinski definition) is 1. The number of rotatable bonds is 1. The van der Waals surface area contributed by atoms with Crippen LogP contribution in [-0.4, -0.2) is 36.3 Å². The van der Waals surface area contributed by atoms with Crippen molar-refractivity contribution in [2.45, 2.75) is 32.5 Å². The number of nitrogens with two attached hydrogens (primary N) is 1. The maximum absolute atomic E-state index is 6.12. The number of nitrogen functional groups attached to an aromatic ring is 1. The summed E-state index contributed by atoms with van der Waals surface area (Å²) in [6.45, 7) is 8.18. The van der Waals surface area contributed by atoms with Crippen molar-refractivity contribution in [2.24, 2.45) is 0 Å². The summed E-state index contributed by atoms with van der Waals surface area (Å²) in [7, 11) is 0. The van der Waals surface area contributed by atoms with Crippen molar-refractivity contribution in [1.82, 2.24) is 4.37 Å². The van der Waals surface area contributed by atoms with Crippen molar-refractivity contribution < 1.29 is 14.5 Å². The zero-order valence-corrected chi connectivity index (χ0v) is 13.8. The third-order valence-corrected chi connectivity index (χ3v) is 5.22. The first-order valence-electron chi connectivity index (χ1n) is 7.64. The lowest BCUT2D eigenvalue weighted by atomic mass is 9.90. The van der Waals surface area contributed by atoms with E-state index in [0.717, 1.165) is 48.8 Å². The smallest absolute Gasteiger partial charge is 0.281 e. The van der Waals surface area contributed by atoms with E-state index in [4.69, 9.17) is 15.2 Å². The van der Waals surface area contributed by atoms with E-state index in [2.05, 4.69) is 28.1 Å². The number of ether oxygens (including phenoxy) is 2. The zero-order valence-electron chi connectivity index (χ0n) is 12.9. The highest BCUT2D eigenvalue weighted by atomic mass is 32.1. The van der Waals surface area contributed by atoms with Crippen LogP contribution < -0.4 is 15.6 Å². The summed E-state index contributed by atoms with van der Waals surface area (Å²) in [5.74, 6) is 1.77. The predicted octanol–water partition coefficient (Wildman–Crippen LogP) is 1.38. The summed E-state index contributed by atoms with van der Waals surface area (Å²) in [4.78, 5) is 6.94. The average Bonchev–Trinajstić information content (AvgIpc) is 2.88. The van der Waals surface area contributed by atoms with Crippen LogP contribution in [0.4, 0.5) is 11.6 Å². The molecule has 0 spiro atoms. The van der Waals surface area contributed by atoms with E-state index in [-0.39, 0.29) is 5.60 Å². The monoisotopic (exact) mass is 321 g/mol. The minimum absolute atomic E-state index is 0.169. The van der Waals surface area contributed by atoms with E-state index in [1.165, 1.54) is 22.7 Å². The third-order valence-electron chi connectivity index (χ3n) is 4.44. The van der Waals surface area contributed by atoms with Crippen molar-refractivity contribution in [3.63, 3.8) is 0 Å². The van der Waals surface area contributed by atoms with Gasteiger partial charge < -0.3 is 15.2 Å². The first-order valence-corrected chi connectivity index (χ1v) is 8.41. The number of nitrogens with one attached hydrogen (secondary N) is 1. The number of pyridine rings is 1. The second-order valence-corrected chi connectivity index (χ2v) is 7.30. The molecule has 0 aromatic carbocycles. The highest BCUT2D eigenvalue weighted by Crippen LogP contribution is 2.38. The third kappa shape index (κ3) is 2.24. The molecule has 2 aliphatic heterocycles. The topological polar surface area (TPSA) is 74.8 Å². The molecule has 4 heterocycles. The van der Waals surface area contributed by atoms with Gasteiger partial charge >= 0.3 is 0 Å². The average molecular weight is 321 g/mol. The van der Waals surface area contributed by atoms with E-state index >= 15 is 0 Å². The molecule has 0 atom stereocenters. The van der Waals surface area contributed by atoms with Gasteiger partial charge in [-0.2, -0.15) is 4.37 Å². The van der Waals surface area contributed by atoms with Gasteiger partial charge in [0, 0.05) is 18.0 Å². The summed E-state index contributed by atoms with van der Waals surface area (Å²) in [6.07, 6.45) is 0.855. The molecule has 1 fully saturated rings. The molecule has 0 unspecified atom stereocenters. The van der Waals surface area contributed by atoms with Crippen LogP contribution >= 0.6 is 11.5 Å². The number of hydrogen-bond acceptors (Lipinski definition) is 6. The molecule has 3 N–H and O–H groups in total. The van der Waals surface area contributed by atoms with Crippen molar-refractivity contribution in [3.05, 3.63) is 11.1 Å². The molecule has 4 rings (SSSR count). The lowest BCUT2D eigenvalue weighted by Gasteiger charge is -2.33. The van der Waals surface area contributed by atoms with Gasteiger partial charge in [-0.1, -0.05) is 0 Å². The van der Waals surface area contributed by atoms with Gasteiger partial charge in [-0.25, -0.2) is 4.98 Å². The maximum Gasteiger partial charge on any atom is 0.281 e. The standard InChI is InChI=1S/C15H20N4O2S/c1-15(2)7-9-10(8-21-15)13(19-3-5-20-6-4-19)17-14-11(9)12(16)18-22-14/h3-8H2,1-2H3,(H2,16,18)/p+1. The minimum atomic E-state index is -0.169. The van der Waals surface area contributed by atoms with Crippen LogP contribution in [0.5, 0.6) is 0 Å². The molecule has 0 saturated carbocycles. The first kappa shape index (κ1) is 14.2. The van der Waals surface area contributed by atoms with Crippen molar-refractivity contribution >= 4 is 33.4 Å². The van der Waals surface area contributed by atoms with Gasteiger partial charge in [0.05, 0.1) is 36.4 Å². The number of fused-ring (bicyclic) bond motifs is 3. The van der Waals surface area contributed by atoms with Crippen LogP contribution in [0.3, 0.4) is 0 Å². The number of aromatic nitrogens is 2.